The molecule has 12 heteroatoms. The molecule has 276 valence electrons. The molecule has 0 aliphatic rings. The van der Waals surface area contributed by atoms with Crippen LogP contribution >= 0.6 is 23.5 Å². The molecule has 0 unspecified atom stereocenters. The molecule has 0 spiro atoms. The fourth-order valence-electron chi connectivity index (χ4n) is 5.46. The second kappa shape index (κ2) is 19.5. The van der Waals surface area contributed by atoms with Gasteiger partial charge < -0.3 is 24.8 Å². The molecule has 2 heterocycles. The standard InChI is InChI=1S/C22H23NO3S.C20H19NO3S.Na.H2O/c1-5-26-21(24)22(2,3)27-20-12-13-23-18-11-10-15(14-17(18)20)16-8-6-7-9-19(16)25-4;1-20(2,19(22)23)25-18-10-11-21-16-9-8-13(12-15(16)18)14-6-4-5-7-17(14)24-3;;/h6-14H,5H2,1-4H3;4-12H,1-3H3,(H,22,23);;1H2/q;;+1;/p-1. The van der Waals surface area contributed by atoms with E-state index >= 15 is 0 Å². The molecule has 2 aromatic heterocycles. The van der Waals surface area contributed by atoms with Crippen molar-refractivity contribution >= 4 is 57.3 Å². The summed E-state index contributed by atoms with van der Waals surface area (Å²) in [5, 5.41) is 11.4. The SMILES string of the molecule is CCOC(=O)C(C)(C)Sc1ccnc2ccc(-c3ccccc3OC)cc12.COc1ccccc1-c1ccc2nccc(SC(C)(C)C(=O)O)c2c1.[Na+].[OH-]. The molecule has 6 rings (SSSR count). The Labute approximate surface area is 346 Å². The van der Waals surface area contributed by atoms with Crippen molar-refractivity contribution in [1.29, 1.82) is 0 Å². The first-order valence-corrected chi connectivity index (χ1v) is 18.3. The number of aromatic nitrogens is 2. The maximum atomic E-state index is 12.3. The van der Waals surface area contributed by atoms with Crippen LogP contribution in [0.4, 0.5) is 0 Å². The number of carboxylic acid groups (broad SMARTS) is 1. The monoisotopic (exact) mass is 774 g/mol. The summed E-state index contributed by atoms with van der Waals surface area (Å²) in [5.41, 5.74) is 5.79. The maximum Gasteiger partial charge on any atom is 1.00 e. The Morgan fingerprint density at radius 3 is 1.50 bits per heavy atom. The number of hydrogen-bond donors (Lipinski definition) is 1. The van der Waals surface area contributed by atoms with Gasteiger partial charge in [-0.3, -0.25) is 19.6 Å². The zero-order chi connectivity index (χ0) is 37.5. The van der Waals surface area contributed by atoms with Crippen LogP contribution < -0.4 is 39.0 Å². The zero-order valence-corrected chi connectivity index (χ0v) is 35.4. The Morgan fingerprint density at radius 1 is 0.667 bits per heavy atom. The summed E-state index contributed by atoms with van der Waals surface area (Å²) in [4.78, 5) is 34.5. The number of thioether (sulfide) groups is 2. The van der Waals surface area contributed by atoms with E-state index < -0.39 is 15.5 Å². The van der Waals surface area contributed by atoms with Gasteiger partial charge in [0.25, 0.3) is 0 Å². The summed E-state index contributed by atoms with van der Waals surface area (Å²) in [6.45, 7) is 9.36. The van der Waals surface area contributed by atoms with Gasteiger partial charge in [-0.1, -0.05) is 48.5 Å². The number of pyridine rings is 2. The molecular formula is C42H43N2NaO7S2. The first kappa shape index (κ1) is 44.3. The van der Waals surface area contributed by atoms with Crippen LogP contribution in [0.3, 0.4) is 0 Å². The smallest absolute Gasteiger partial charge is 0.870 e. The van der Waals surface area contributed by atoms with Crippen molar-refractivity contribution in [3.05, 3.63) is 109 Å². The van der Waals surface area contributed by atoms with Gasteiger partial charge in [0.1, 0.15) is 21.0 Å². The quantitative estimate of drug-likeness (QED) is 0.0825. The third-order valence-electron chi connectivity index (χ3n) is 8.25. The Morgan fingerprint density at radius 2 is 1.09 bits per heavy atom. The number of fused-ring (bicyclic) bond motifs is 2. The van der Waals surface area contributed by atoms with Crippen molar-refractivity contribution in [2.75, 3.05) is 20.8 Å². The molecule has 0 aliphatic carbocycles. The number of carbonyl (C=O) groups is 2. The van der Waals surface area contributed by atoms with Crippen LogP contribution in [0.2, 0.25) is 0 Å². The molecule has 6 aromatic rings. The summed E-state index contributed by atoms with van der Waals surface area (Å²) in [7, 11) is 3.32. The summed E-state index contributed by atoms with van der Waals surface area (Å²) in [5.74, 6) is 0.553. The van der Waals surface area contributed by atoms with Gasteiger partial charge in [-0.25, -0.2) is 0 Å². The third kappa shape index (κ3) is 10.3. The maximum absolute atomic E-state index is 12.3. The largest absolute Gasteiger partial charge is 1.00 e. The summed E-state index contributed by atoms with van der Waals surface area (Å²) in [6.07, 6.45) is 3.49. The second-order valence-corrected chi connectivity index (χ2v) is 16.1. The van der Waals surface area contributed by atoms with Crippen molar-refractivity contribution in [2.24, 2.45) is 0 Å². The fourth-order valence-corrected chi connectivity index (χ4v) is 7.60. The number of esters is 1. The average molecular weight is 775 g/mol. The van der Waals surface area contributed by atoms with Crippen LogP contribution in [0.25, 0.3) is 44.1 Å². The van der Waals surface area contributed by atoms with Crippen LogP contribution in [0, 0.1) is 0 Å². The molecule has 4 aromatic carbocycles. The number of nitrogens with zero attached hydrogens (tertiary/aromatic N) is 2. The molecule has 0 bridgehead atoms. The van der Waals surface area contributed by atoms with Gasteiger partial charge in [-0.05, 0) is 94.3 Å². The van der Waals surface area contributed by atoms with Crippen molar-refractivity contribution < 1.29 is 63.9 Å². The molecular weight excluding hydrogens is 732 g/mol. The van der Waals surface area contributed by atoms with E-state index in [-0.39, 0.29) is 41.0 Å². The number of carboxylic acids is 1. The molecule has 9 nitrogen and oxygen atoms in total. The Bertz CT molecular complexity index is 2230. The minimum Gasteiger partial charge on any atom is -0.870 e. The van der Waals surface area contributed by atoms with Crippen molar-refractivity contribution in [1.82, 2.24) is 9.97 Å². The number of aliphatic carboxylic acids is 1. The fraction of sp³-hybridized carbons (Fsp3) is 0.238. The van der Waals surface area contributed by atoms with Crippen LogP contribution in [-0.2, 0) is 14.3 Å². The van der Waals surface area contributed by atoms with Gasteiger partial charge in [0.15, 0.2) is 0 Å². The Balaban J connectivity index is 0.000000281. The molecule has 0 fully saturated rings. The molecule has 0 amide bonds. The average Bonchev–Trinajstić information content (AvgIpc) is 3.15. The number of ether oxygens (including phenoxy) is 3. The van der Waals surface area contributed by atoms with E-state index in [0.717, 1.165) is 65.3 Å². The molecule has 0 aliphatic heterocycles. The molecule has 0 saturated heterocycles. The Hall–Kier alpha value is -4.10. The predicted octanol–water partition coefficient (Wildman–Crippen LogP) is 7.04. The van der Waals surface area contributed by atoms with Gasteiger partial charge in [-0.2, -0.15) is 0 Å². The van der Waals surface area contributed by atoms with Gasteiger partial charge in [0.2, 0.25) is 0 Å². The van der Waals surface area contributed by atoms with Gasteiger partial charge >= 0.3 is 41.5 Å². The first-order valence-electron chi connectivity index (χ1n) is 16.7. The van der Waals surface area contributed by atoms with E-state index in [4.69, 9.17) is 14.2 Å². The third-order valence-corrected chi connectivity index (χ3v) is 10.8. The molecule has 2 N–H and O–H groups in total. The van der Waals surface area contributed by atoms with E-state index in [1.54, 1.807) is 40.5 Å². The minimum absolute atomic E-state index is 0. The van der Waals surface area contributed by atoms with Gasteiger partial charge in [0, 0.05) is 44.1 Å². The zero-order valence-electron chi connectivity index (χ0n) is 31.7. The normalized spacial score (nSPS) is 11.0. The summed E-state index contributed by atoms with van der Waals surface area (Å²) < 4.78 is 14.6. The molecule has 0 atom stereocenters. The second-order valence-electron chi connectivity index (χ2n) is 12.7. The van der Waals surface area contributed by atoms with Crippen LogP contribution in [0.1, 0.15) is 34.6 Å². The van der Waals surface area contributed by atoms with Gasteiger partial charge in [0.05, 0.1) is 31.9 Å². The number of benzene rings is 4. The Kier molecular flexibility index (Phi) is 16.0. The molecule has 0 saturated carbocycles. The minimum atomic E-state index is -0.922. The number of rotatable bonds is 11. The van der Waals surface area contributed by atoms with E-state index in [2.05, 4.69) is 16.0 Å². The van der Waals surface area contributed by atoms with E-state index in [1.165, 1.54) is 23.5 Å². The summed E-state index contributed by atoms with van der Waals surface area (Å²) >= 11 is 2.82. The number of para-hydroxylation sites is 2. The van der Waals surface area contributed by atoms with E-state index in [1.807, 2.05) is 112 Å². The van der Waals surface area contributed by atoms with E-state index in [9.17, 15) is 14.7 Å². The number of methoxy groups -OCH3 is 2. The van der Waals surface area contributed by atoms with Crippen molar-refractivity contribution in [3.63, 3.8) is 0 Å². The summed E-state index contributed by atoms with van der Waals surface area (Å²) in [6, 6.07) is 31.7. The van der Waals surface area contributed by atoms with Crippen molar-refractivity contribution in [2.45, 2.75) is 53.9 Å². The number of hydrogen-bond acceptors (Lipinski definition) is 10. The number of carbonyl (C=O) groups excluding carboxylic acids is 1. The topological polar surface area (TPSA) is 138 Å². The molecule has 54 heavy (non-hydrogen) atoms. The van der Waals surface area contributed by atoms with Crippen LogP contribution in [0.15, 0.2) is 119 Å². The van der Waals surface area contributed by atoms with E-state index in [0.29, 0.717) is 6.61 Å². The van der Waals surface area contributed by atoms with Crippen LogP contribution in [0.5, 0.6) is 11.5 Å². The van der Waals surface area contributed by atoms with Gasteiger partial charge in [-0.15, -0.1) is 23.5 Å². The predicted molar refractivity (Wildman–Crippen MR) is 214 cm³/mol. The van der Waals surface area contributed by atoms with Crippen molar-refractivity contribution in [3.8, 4) is 33.8 Å². The van der Waals surface area contributed by atoms with Crippen LogP contribution in [-0.4, -0.2) is 62.8 Å². The molecule has 0 radical (unpaired) electrons. The first-order chi connectivity index (χ1) is 24.9.